The fraction of sp³-hybridized carbons (Fsp3) is 0.760. The third kappa shape index (κ3) is 28.3. The van der Waals surface area contributed by atoms with Crippen molar-refractivity contribution in [2.24, 2.45) is 0 Å². The smallest absolute Gasteiger partial charge is 0.306 e. The highest BCUT2D eigenvalue weighted by atomic mass is 31.2. The van der Waals surface area contributed by atoms with E-state index in [1.807, 2.05) is 21.1 Å². The van der Waals surface area contributed by atoms with E-state index in [0.29, 0.717) is 36.1 Å². The molecule has 0 N–H and O–H groups in total. The number of carbonyl (C=O) groups excluding carboxylic acids is 2. The Hall–Kier alpha value is -2.53. The van der Waals surface area contributed by atoms with Crippen molar-refractivity contribution in [2.45, 2.75) is 200 Å². The zero-order valence-corrected chi connectivity index (χ0v) is 40.9. The van der Waals surface area contributed by atoms with Crippen LogP contribution in [0.3, 0.4) is 0 Å². The van der Waals surface area contributed by atoms with Crippen LogP contribution in [-0.4, -0.2) is 82.2 Å². The Morgan fingerprint density at radius 1 is 0.694 bits per heavy atom. The second-order valence-electron chi connectivity index (χ2n) is 18.1. The van der Waals surface area contributed by atoms with Crippen LogP contribution in [0.25, 0.3) is 0 Å². The molecule has 0 spiro atoms. The first-order valence-corrected chi connectivity index (χ1v) is 25.6. The molecule has 4 atom stereocenters. The van der Waals surface area contributed by atoms with Gasteiger partial charge in [0.2, 0.25) is 0 Å². The van der Waals surface area contributed by atoms with Crippen LogP contribution in [0.4, 0.5) is 0 Å². The third-order valence-electron chi connectivity index (χ3n) is 11.3. The van der Waals surface area contributed by atoms with E-state index in [9.17, 15) is 19.0 Å². The molecule has 2 heterocycles. The van der Waals surface area contributed by atoms with Gasteiger partial charge in [-0.3, -0.25) is 14.2 Å². The normalized spacial score (nSPS) is 17.0. The Balaban J connectivity index is 1.63. The summed E-state index contributed by atoms with van der Waals surface area (Å²) >= 11 is 0. The van der Waals surface area contributed by atoms with Gasteiger partial charge in [-0.25, -0.2) is 0 Å². The average molecular weight is 892 g/mol. The summed E-state index contributed by atoms with van der Waals surface area (Å²) in [5.41, 5.74) is 2.64. The van der Waals surface area contributed by atoms with Crippen LogP contribution in [0, 0.1) is 13.8 Å². The molecule has 356 valence electrons. The maximum absolute atomic E-state index is 12.8. The molecule has 12 heteroatoms. The van der Waals surface area contributed by atoms with Crippen molar-refractivity contribution >= 4 is 19.8 Å². The maximum Gasteiger partial charge on any atom is 0.306 e. The molecule has 0 radical (unpaired) electrons. The lowest BCUT2D eigenvalue weighted by atomic mass is 10.0. The maximum atomic E-state index is 12.8. The lowest BCUT2D eigenvalue weighted by Crippen LogP contribution is -2.37. The minimum atomic E-state index is -4.66. The topological polar surface area (TPSA) is 137 Å². The molecule has 1 saturated heterocycles. The summed E-state index contributed by atoms with van der Waals surface area (Å²) in [6.45, 7) is 8.43. The summed E-state index contributed by atoms with van der Waals surface area (Å²) < 4.78 is 46.0. The van der Waals surface area contributed by atoms with Crippen LogP contribution < -0.4 is 4.89 Å². The summed E-state index contributed by atoms with van der Waals surface area (Å²) in [6, 6.07) is 0. The van der Waals surface area contributed by atoms with Gasteiger partial charge in [-0.05, 0) is 82.8 Å². The number of furan rings is 1. The highest BCUT2D eigenvalue weighted by Gasteiger charge is 2.36. The van der Waals surface area contributed by atoms with E-state index in [0.717, 1.165) is 76.4 Å². The number of epoxide rings is 1. The zero-order chi connectivity index (χ0) is 45.5. The monoisotopic (exact) mass is 892 g/mol. The summed E-state index contributed by atoms with van der Waals surface area (Å²) in [5, 5.41) is 0. The van der Waals surface area contributed by atoms with Crippen molar-refractivity contribution < 1.29 is 51.2 Å². The third-order valence-corrected chi connectivity index (χ3v) is 12.3. The van der Waals surface area contributed by atoms with E-state index in [-0.39, 0.29) is 26.1 Å². The number of esters is 2. The standard InChI is InChI=1S/C50H86NO10P/c1-8-10-26-32-45-42(3)43(4)46(60-45)33-28-22-18-16-17-21-25-31-37-50(53)59-44(41-58-62(54,55)57-39-38-51(5,6)7)40-56-49(52)36-30-24-20-15-13-12-14-19-23-29-35-48-47(61-48)34-27-11-9-2/h12,14-15,20,23,29,44,47-48H,8-11,13,16-19,21-22,24-28,30-41H2,1-7H3/b14-12-,20-15-,29-23-/t44-,47?,48?/m1/s1. The Kier molecular flexibility index (Phi) is 29.6. The van der Waals surface area contributed by atoms with Gasteiger partial charge in [0.15, 0.2) is 6.10 Å². The number of likely N-dealkylation sites (N-methyl/N-ethyl adjacent to an activating group) is 1. The molecule has 0 aromatic carbocycles. The Bertz CT molecular complexity index is 1490. The molecule has 3 unspecified atom stereocenters. The van der Waals surface area contributed by atoms with Gasteiger partial charge in [0.05, 0.1) is 40.0 Å². The summed E-state index contributed by atoms with van der Waals surface area (Å²) in [6.07, 6.45) is 36.0. The predicted octanol–water partition coefficient (Wildman–Crippen LogP) is 11.7. The second kappa shape index (κ2) is 33.0. The van der Waals surface area contributed by atoms with Gasteiger partial charge in [0.25, 0.3) is 7.82 Å². The molecule has 1 aliphatic heterocycles. The van der Waals surface area contributed by atoms with Gasteiger partial charge < -0.3 is 37.1 Å². The lowest BCUT2D eigenvalue weighted by Gasteiger charge is -2.28. The van der Waals surface area contributed by atoms with Crippen LogP contribution in [0.15, 0.2) is 40.9 Å². The number of quaternary nitrogens is 1. The zero-order valence-electron chi connectivity index (χ0n) is 40.0. The van der Waals surface area contributed by atoms with Crippen molar-refractivity contribution in [3.8, 4) is 0 Å². The van der Waals surface area contributed by atoms with E-state index in [2.05, 4.69) is 64.2 Å². The first-order chi connectivity index (χ1) is 29.7. The Morgan fingerprint density at radius 2 is 1.26 bits per heavy atom. The molecule has 1 aromatic heterocycles. The molecule has 0 aliphatic carbocycles. The fourth-order valence-corrected chi connectivity index (χ4v) is 7.82. The van der Waals surface area contributed by atoms with Gasteiger partial charge >= 0.3 is 11.9 Å². The van der Waals surface area contributed by atoms with Gasteiger partial charge in [-0.1, -0.05) is 121 Å². The lowest BCUT2D eigenvalue weighted by molar-refractivity contribution is -0.870. The van der Waals surface area contributed by atoms with Gasteiger partial charge in [0, 0.05) is 25.7 Å². The molecule has 1 aliphatic rings. The van der Waals surface area contributed by atoms with E-state index in [4.69, 9.17) is 27.7 Å². The first-order valence-electron chi connectivity index (χ1n) is 24.2. The number of hydrogen-bond donors (Lipinski definition) is 0. The number of aryl methyl sites for hydroxylation is 2. The van der Waals surface area contributed by atoms with Gasteiger partial charge in [-0.2, -0.15) is 0 Å². The number of nitrogens with zero attached hydrogens (tertiary/aromatic N) is 1. The molecule has 2 rings (SSSR count). The van der Waals surface area contributed by atoms with Gasteiger partial charge in [-0.15, -0.1) is 0 Å². The van der Waals surface area contributed by atoms with Crippen LogP contribution >= 0.6 is 7.82 Å². The number of ether oxygens (including phenoxy) is 3. The molecule has 62 heavy (non-hydrogen) atoms. The Morgan fingerprint density at radius 3 is 1.90 bits per heavy atom. The number of hydrogen-bond acceptors (Lipinski definition) is 10. The largest absolute Gasteiger partial charge is 0.756 e. The number of phosphoric acid groups is 1. The van der Waals surface area contributed by atoms with Crippen molar-refractivity contribution in [1.82, 2.24) is 0 Å². The molecule has 0 amide bonds. The van der Waals surface area contributed by atoms with Crippen LogP contribution in [0.5, 0.6) is 0 Å². The molecule has 11 nitrogen and oxygen atoms in total. The molecule has 1 aromatic rings. The summed E-state index contributed by atoms with van der Waals surface area (Å²) in [7, 11) is 1.11. The molecular formula is C50H86NO10P. The van der Waals surface area contributed by atoms with Crippen LogP contribution in [0.1, 0.15) is 178 Å². The molecule has 1 fully saturated rings. The fourth-order valence-electron chi connectivity index (χ4n) is 7.10. The summed E-state index contributed by atoms with van der Waals surface area (Å²) in [4.78, 5) is 37.7. The summed E-state index contributed by atoms with van der Waals surface area (Å²) in [5.74, 6) is 1.40. The van der Waals surface area contributed by atoms with E-state index >= 15 is 0 Å². The minimum absolute atomic E-state index is 0.0492. The number of unbranched alkanes of at least 4 members (excludes halogenated alkanes) is 12. The molecule has 0 saturated carbocycles. The van der Waals surface area contributed by atoms with Crippen LogP contribution in [-0.2, 0) is 50.3 Å². The van der Waals surface area contributed by atoms with E-state index < -0.39 is 32.5 Å². The predicted molar refractivity (Wildman–Crippen MR) is 248 cm³/mol. The van der Waals surface area contributed by atoms with E-state index in [1.54, 1.807) is 0 Å². The second-order valence-corrected chi connectivity index (χ2v) is 19.5. The first kappa shape index (κ1) is 55.6. The van der Waals surface area contributed by atoms with Crippen molar-refractivity contribution in [1.29, 1.82) is 0 Å². The van der Waals surface area contributed by atoms with Gasteiger partial charge in [0.1, 0.15) is 31.3 Å². The highest BCUT2D eigenvalue weighted by Crippen LogP contribution is 2.38. The van der Waals surface area contributed by atoms with E-state index in [1.165, 1.54) is 74.7 Å². The Labute approximate surface area is 376 Å². The quantitative estimate of drug-likeness (QED) is 0.0157. The number of allylic oxidation sites excluding steroid dienone is 5. The number of carbonyl (C=O) groups is 2. The van der Waals surface area contributed by atoms with Crippen molar-refractivity contribution in [3.05, 3.63) is 59.1 Å². The SMILES string of the molecule is CCCCCc1oc(CCCCCCCCCCC(=O)O[C@H](COC(=O)CCC/C=C\C/C=C\C/C=C\CC2OC2CCCCC)COP(=O)([O-])OCC[N+](C)(C)C)c(C)c1C. The van der Waals surface area contributed by atoms with Crippen molar-refractivity contribution in [2.75, 3.05) is 47.5 Å². The molecular weight excluding hydrogens is 806 g/mol. The average Bonchev–Trinajstić information content (AvgIpc) is 3.92. The van der Waals surface area contributed by atoms with Crippen LogP contribution in [0.2, 0.25) is 0 Å². The molecule has 0 bridgehead atoms. The van der Waals surface area contributed by atoms with Crippen molar-refractivity contribution in [3.63, 3.8) is 0 Å². The minimum Gasteiger partial charge on any atom is -0.756 e. The number of rotatable bonds is 39. The number of phosphoric ester groups is 1. The highest BCUT2D eigenvalue weighted by molar-refractivity contribution is 7.45.